The van der Waals surface area contributed by atoms with Crippen molar-refractivity contribution in [3.8, 4) is 0 Å². The molecule has 0 aliphatic heterocycles. The summed E-state index contributed by atoms with van der Waals surface area (Å²) in [4.78, 5) is 61.1. The number of hydrogen-bond acceptors (Lipinski definition) is 9. The predicted octanol–water partition coefficient (Wildman–Crippen LogP) is 4.81. The summed E-state index contributed by atoms with van der Waals surface area (Å²) in [7, 11) is 1.92. The first kappa shape index (κ1) is 37.6. The molecule has 272 valence electrons. The van der Waals surface area contributed by atoms with Crippen LogP contribution >= 0.6 is 0 Å². The molecule has 6 rings (SSSR count). The molecular weight excluding hydrogens is 665 g/mol. The second-order valence-electron chi connectivity index (χ2n) is 13.2. The van der Waals surface area contributed by atoms with Crippen LogP contribution in [0.15, 0.2) is 85.2 Å². The zero-order valence-corrected chi connectivity index (χ0v) is 30.1. The highest BCUT2D eigenvalue weighted by Gasteiger charge is 2.48. The molecule has 2 heterocycles. The predicted molar refractivity (Wildman–Crippen MR) is 193 cm³/mol. The Labute approximate surface area is 303 Å². The smallest absolute Gasteiger partial charge is 0.332 e. The summed E-state index contributed by atoms with van der Waals surface area (Å²) >= 11 is 0. The molecule has 0 radical (unpaired) electrons. The van der Waals surface area contributed by atoms with E-state index in [-0.39, 0.29) is 30.9 Å². The Morgan fingerprint density at radius 1 is 0.692 bits per heavy atom. The zero-order chi connectivity index (χ0) is 37.5. The molecule has 2 N–H and O–H groups in total. The Hall–Kier alpha value is -5.65. The lowest BCUT2D eigenvalue weighted by atomic mass is 9.95. The van der Waals surface area contributed by atoms with E-state index in [1.807, 2.05) is 80.4 Å². The third-order valence-electron chi connectivity index (χ3n) is 9.37. The summed E-state index contributed by atoms with van der Waals surface area (Å²) in [5.74, 6) is -2.76. The summed E-state index contributed by atoms with van der Waals surface area (Å²) in [6.07, 6.45) is 4.36. The molecule has 2 aromatic heterocycles. The number of rotatable bonds is 10. The molecule has 4 aromatic rings. The second kappa shape index (κ2) is 16.1. The zero-order valence-electron chi connectivity index (χ0n) is 30.1. The van der Waals surface area contributed by atoms with Crippen molar-refractivity contribution in [1.82, 2.24) is 20.6 Å². The standard InChI is InChI=1S/C22H27N3O3.C18H17FN2O3/c1-5-28-21(27)22(13-16-9-6-7-10-17(16)14-22)24-20(26)19-18(11-8-12-23-19)25(4)15(2)3;1-2-24-17(23)18(10-12-6-3-4-7-13(12)11-18)21-16(22)15-14(19)8-5-9-20-15/h6-12,15H,5,13-14H2,1-4H3,(H,24,26);3-9H,2,10-11H2,1H3,(H,21,22). The van der Waals surface area contributed by atoms with E-state index in [1.54, 1.807) is 26.1 Å². The molecular formula is C40H44FN5O6. The Morgan fingerprint density at radius 3 is 1.50 bits per heavy atom. The SMILES string of the molecule is CCOC(=O)C1(NC(=O)c2ncccc2F)Cc2ccccc2C1.CCOC(=O)C1(NC(=O)c2ncccc2N(C)C(C)C)Cc2ccccc2C1. The number of fused-ring (bicyclic) bond motifs is 2. The van der Waals surface area contributed by atoms with E-state index in [0.29, 0.717) is 31.4 Å². The molecule has 0 spiro atoms. The molecule has 2 aromatic carbocycles. The second-order valence-corrected chi connectivity index (χ2v) is 13.2. The number of halogens is 1. The highest BCUT2D eigenvalue weighted by Crippen LogP contribution is 2.33. The summed E-state index contributed by atoms with van der Waals surface area (Å²) in [6.45, 7) is 8.02. The van der Waals surface area contributed by atoms with E-state index in [9.17, 15) is 23.6 Å². The lowest BCUT2D eigenvalue weighted by Gasteiger charge is -2.29. The molecule has 0 unspecified atom stereocenters. The van der Waals surface area contributed by atoms with Crippen LogP contribution in [0.4, 0.5) is 10.1 Å². The Morgan fingerprint density at radius 2 is 1.10 bits per heavy atom. The van der Waals surface area contributed by atoms with Gasteiger partial charge in [-0.2, -0.15) is 0 Å². The summed E-state index contributed by atoms with van der Waals surface area (Å²) in [5.41, 5.74) is 2.38. The van der Waals surface area contributed by atoms with Crippen molar-refractivity contribution in [2.45, 2.75) is 70.5 Å². The molecule has 0 fully saturated rings. The van der Waals surface area contributed by atoms with Gasteiger partial charge in [0.15, 0.2) is 17.2 Å². The number of carbonyl (C=O) groups is 4. The number of esters is 2. The molecule has 0 atom stereocenters. The van der Waals surface area contributed by atoms with E-state index < -0.39 is 34.7 Å². The molecule has 12 heteroatoms. The van der Waals surface area contributed by atoms with Crippen LogP contribution in [0.25, 0.3) is 0 Å². The van der Waals surface area contributed by atoms with Crippen LogP contribution in [0.1, 0.15) is 70.9 Å². The normalized spacial score (nSPS) is 14.6. The van der Waals surface area contributed by atoms with Crippen LogP contribution < -0.4 is 15.5 Å². The highest BCUT2D eigenvalue weighted by atomic mass is 19.1. The third-order valence-corrected chi connectivity index (χ3v) is 9.37. The topological polar surface area (TPSA) is 140 Å². The van der Waals surface area contributed by atoms with Gasteiger partial charge in [0.05, 0.1) is 18.9 Å². The van der Waals surface area contributed by atoms with Crippen molar-refractivity contribution >= 4 is 29.4 Å². The Kier molecular flexibility index (Phi) is 11.7. The number of benzene rings is 2. The minimum absolute atomic E-state index is 0.199. The number of nitrogens with zero attached hydrogens (tertiary/aromatic N) is 3. The van der Waals surface area contributed by atoms with Crippen LogP contribution in [0.3, 0.4) is 0 Å². The van der Waals surface area contributed by atoms with Crippen molar-refractivity contribution in [2.75, 3.05) is 25.2 Å². The molecule has 0 bridgehead atoms. The van der Waals surface area contributed by atoms with Gasteiger partial charge in [-0.3, -0.25) is 9.59 Å². The molecule has 2 aliphatic rings. The van der Waals surface area contributed by atoms with E-state index >= 15 is 0 Å². The number of carbonyl (C=O) groups excluding carboxylic acids is 4. The van der Waals surface area contributed by atoms with Crippen molar-refractivity contribution in [3.05, 3.63) is 125 Å². The van der Waals surface area contributed by atoms with Gasteiger partial charge in [-0.15, -0.1) is 0 Å². The summed E-state index contributed by atoms with van der Waals surface area (Å²) in [6, 6.07) is 21.8. The van der Waals surface area contributed by atoms with E-state index in [2.05, 4.69) is 20.6 Å². The van der Waals surface area contributed by atoms with Crippen molar-refractivity contribution < 1.29 is 33.0 Å². The minimum Gasteiger partial charge on any atom is -0.464 e. The monoisotopic (exact) mass is 709 g/mol. The first-order valence-corrected chi connectivity index (χ1v) is 17.3. The molecule has 2 aliphatic carbocycles. The number of aromatic nitrogens is 2. The molecule has 0 saturated carbocycles. The van der Waals surface area contributed by atoms with E-state index in [4.69, 9.17) is 9.47 Å². The van der Waals surface area contributed by atoms with Crippen molar-refractivity contribution in [2.24, 2.45) is 0 Å². The Balaban J connectivity index is 0.000000203. The molecule has 2 amide bonds. The van der Waals surface area contributed by atoms with Crippen LogP contribution in [-0.4, -0.2) is 71.1 Å². The molecule has 0 saturated heterocycles. The number of amides is 2. The van der Waals surface area contributed by atoms with Crippen molar-refractivity contribution in [3.63, 3.8) is 0 Å². The average Bonchev–Trinajstić information content (AvgIpc) is 3.71. The number of anilines is 1. The van der Waals surface area contributed by atoms with Crippen molar-refractivity contribution in [1.29, 1.82) is 0 Å². The Bertz CT molecular complexity index is 1900. The fraction of sp³-hybridized carbons (Fsp3) is 0.350. The molecule has 52 heavy (non-hydrogen) atoms. The maximum atomic E-state index is 13.8. The number of ether oxygens (including phenoxy) is 2. The van der Waals surface area contributed by atoms with Gasteiger partial charge < -0.3 is 25.0 Å². The lowest BCUT2D eigenvalue weighted by molar-refractivity contribution is -0.151. The number of hydrogen-bond donors (Lipinski definition) is 2. The third kappa shape index (κ3) is 7.96. The summed E-state index contributed by atoms with van der Waals surface area (Å²) < 4.78 is 24.3. The first-order valence-electron chi connectivity index (χ1n) is 17.3. The maximum absolute atomic E-state index is 13.8. The van der Waals surface area contributed by atoms with Gasteiger partial charge in [0.2, 0.25) is 0 Å². The van der Waals surface area contributed by atoms with Gasteiger partial charge in [-0.25, -0.2) is 23.9 Å². The number of nitrogens with one attached hydrogen (secondary N) is 2. The molecule has 11 nitrogen and oxygen atoms in total. The largest absolute Gasteiger partial charge is 0.464 e. The van der Waals surface area contributed by atoms with E-state index in [0.717, 1.165) is 34.0 Å². The lowest BCUT2D eigenvalue weighted by Crippen LogP contribution is -2.56. The van der Waals surface area contributed by atoms with Gasteiger partial charge >= 0.3 is 11.9 Å². The van der Waals surface area contributed by atoms with Gasteiger partial charge in [0.1, 0.15) is 11.1 Å². The minimum atomic E-state index is -1.24. The number of pyridine rings is 2. The average molecular weight is 710 g/mol. The van der Waals surface area contributed by atoms with Crippen LogP contribution in [0.2, 0.25) is 0 Å². The van der Waals surface area contributed by atoms with Gasteiger partial charge in [0, 0.05) is 51.2 Å². The van der Waals surface area contributed by atoms with Gasteiger partial charge in [-0.05, 0) is 74.2 Å². The quantitative estimate of drug-likeness (QED) is 0.222. The highest BCUT2D eigenvalue weighted by molar-refractivity contribution is 6.01. The summed E-state index contributed by atoms with van der Waals surface area (Å²) in [5, 5.41) is 5.64. The van der Waals surface area contributed by atoms with Crippen LogP contribution in [0.5, 0.6) is 0 Å². The fourth-order valence-electron chi connectivity index (χ4n) is 6.58. The van der Waals surface area contributed by atoms with E-state index in [1.165, 1.54) is 12.3 Å². The van der Waals surface area contributed by atoms with Crippen LogP contribution in [-0.2, 0) is 44.7 Å². The maximum Gasteiger partial charge on any atom is 0.332 e. The van der Waals surface area contributed by atoms with Gasteiger partial charge in [-0.1, -0.05) is 48.5 Å². The first-order chi connectivity index (χ1) is 24.9. The van der Waals surface area contributed by atoms with Gasteiger partial charge in [0.25, 0.3) is 11.8 Å². The fourth-order valence-corrected chi connectivity index (χ4v) is 6.58. The van der Waals surface area contributed by atoms with Crippen LogP contribution in [0, 0.1) is 5.82 Å².